The second-order valence-corrected chi connectivity index (χ2v) is 5.88. The molecule has 120 valence electrons. The van der Waals surface area contributed by atoms with Gasteiger partial charge in [-0.25, -0.2) is 9.78 Å². The number of carboxylic acid groups (broad SMARTS) is 1. The highest BCUT2D eigenvalue weighted by molar-refractivity contribution is 7.13. The number of aryl methyl sites for hydroxylation is 1. The lowest BCUT2D eigenvalue weighted by Gasteiger charge is -2.02. The summed E-state index contributed by atoms with van der Waals surface area (Å²) in [5.41, 5.74) is 6.43. The van der Waals surface area contributed by atoms with E-state index in [0.29, 0.717) is 5.69 Å². The van der Waals surface area contributed by atoms with E-state index in [9.17, 15) is 4.79 Å². The second kappa shape index (κ2) is 7.01. The van der Waals surface area contributed by atoms with E-state index in [1.54, 1.807) is 12.3 Å². The number of rotatable bonds is 5. The minimum Gasteiger partial charge on any atom is -0.478 e. The zero-order chi connectivity index (χ0) is 16.9. The first kappa shape index (κ1) is 15.8. The maximum atomic E-state index is 11.0. The molecule has 0 fully saturated rings. The Hall–Kier alpha value is -3.06. The third kappa shape index (κ3) is 3.82. The molecular formula is C17H14N4O2S. The number of hydrogen-bond donors (Lipinski definition) is 2. The summed E-state index contributed by atoms with van der Waals surface area (Å²) < 4.78 is 0. The highest BCUT2D eigenvalue weighted by atomic mass is 32.1. The Morgan fingerprint density at radius 1 is 1.29 bits per heavy atom. The molecule has 3 aromatic rings. The summed E-state index contributed by atoms with van der Waals surface area (Å²) in [5, 5.41) is 15.9. The second-order valence-electron chi connectivity index (χ2n) is 5.02. The SMILES string of the molecule is Cc1csc(NN=Cc2ccc(-c3cc(C(=O)O)ccn3)cc2)n1. The Kier molecular flexibility index (Phi) is 4.62. The van der Waals surface area contributed by atoms with Gasteiger partial charge in [0.1, 0.15) is 0 Å². The Labute approximate surface area is 142 Å². The van der Waals surface area contributed by atoms with E-state index >= 15 is 0 Å². The molecule has 0 saturated heterocycles. The molecule has 1 aromatic carbocycles. The number of benzene rings is 1. The zero-order valence-corrected chi connectivity index (χ0v) is 13.6. The topological polar surface area (TPSA) is 87.5 Å². The van der Waals surface area contributed by atoms with Gasteiger partial charge in [-0.3, -0.25) is 10.4 Å². The van der Waals surface area contributed by atoms with Crippen LogP contribution in [0.4, 0.5) is 5.13 Å². The lowest BCUT2D eigenvalue weighted by molar-refractivity contribution is 0.0697. The predicted octanol–water partition coefficient (Wildman–Crippen LogP) is 3.66. The number of nitrogens with one attached hydrogen (secondary N) is 1. The third-order valence-corrected chi connectivity index (χ3v) is 4.07. The van der Waals surface area contributed by atoms with Crippen LogP contribution < -0.4 is 5.43 Å². The van der Waals surface area contributed by atoms with E-state index < -0.39 is 5.97 Å². The van der Waals surface area contributed by atoms with Gasteiger partial charge in [0.2, 0.25) is 5.13 Å². The van der Waals surface area contributed by atoms with E-state index in [1.165, 1.54) is 23.6 Å². The Morgan fingerprint density at radius 2 is 2.08 bits per heavy atom. The highest BCUT2D eigenvalue weighted by Gasteiger charge is 2.05. The number of hydrazone groups is 1. The molecule has 0 spiro atoms. The number of pyridine rings is 1. The number of aromatic nitrogens is 2. The summed E-state index contributed by atoms with van der Waals surface area (Å²) in [7, 11) is 0. The van der Waals surface area contributed by atoms with Crippen molar-refractivity contribution in [3.63, 3.8) is 0 Å². The maximum Gasteiger partial charge on any atom is 0.335 e. The number of aromatic carboxylic acids is 1. The molecule has 2 aromatic heterocycles. The molecule has 7 heteroatoms. The molecule has 0 radical (unpaired) electrons. The monoisotopic (exact) mass is 338 g/mol. The van der Waals surface area contributed by atoms with Crippen LogP contribution in [0.1, 0.15) is 21.6 Å². The highest BCUT2D eigenvalue weighted by Crippen LogP contribution is 2.18. The van der Waals surface area contributed by atoms with Crippen LogP contribution in [0.15, 0.2) is 53.1 Å². The van der Waals surface area contributed by atoms with Crippen LogP contribution >= 0.6 is 11.3 Å². The van der Waals surface area contributed by atoms with Crippen molar-refractivity contribution < 1.29 is 9.90 Å². The summed E-state index contributed by atoms with van der Waals surface area (Å²) in [6.07, 6.45) is 3.19. The van der Waals surface area contributed by atoms with Crippen molar-refractivity contribution >= 4 is 28.7 Å². The number of carbonyl (C=O) groups is 1. The quantitative estimate of drug-likeness (QED) is 0.547. The first-order chi connectivity index (χ1) is 11.6. The van der Waals surface area contributed by atoms with Crippen LogP contribution in [0.25, 0.3) is 11.3 Å². The normalized spacial score (nSPS) is 10.9. The van der Waals surface area contributed by atoms with Crippen molar-refractivity contribution in [2.24, 2.45) is 5.10 Å². The largest absolute Gasteiger partial charge is 0.478 e. The van der Waals surface area contributed by atoms with Gasteiger partial charge >= 0.3 is 5.97 Å². The van der Waals surface area contributed by atoms with Crippen LogP contribution in [0.5, 0.6) is 0 Å². The van der Waals surface area contributed by atoms with Crippen molar-refractivity contribution in [1.29, 1.82) is 0 Å². The molecule has 0 saturated carbocycles. The molecule has 0 amide bonds. The van der Waals surface area contributed by atoms with Crippen LogP contribution in [0.2, 0.25) is 0 Å². The first-order valence-corrected chi connectivity index (χ1v) is 8.01. The minimum absolute atomic E-state index is 0.216. The predicted molar refractivity (Wildman–Crippen MR) is 94.7 cm³/mol. The standard InChI is InChI=1S/C17H14N4O2S/c1-11-10-24-17(20-11)21-19-9-12-2-4-13(5-3-12)15-8-14(16(22)23)6-7-18-15/h2-10H,1H3,(H,20,21)(H,22,23). The molecule has 0 aliphatic carbocycles. The van der Waals surface area contributed by atoms with Gasteiger partial charge < -0.3 is 5.11 Å². The molecule has 0 bridgehead atoms. The van der Waals surface area contributed by atoms with Crippen molar-refractivity contribution in [2.45, 2.75) is 6.92 Å². The molecule has 6 nitrogen and oxygen atoms in total. The lowest BCUT2D eigenvalue weighted by Crippen LogP contribution is -1.97. The molecule has 24 heavy (non-hydrogen) atoms. The minimum atomic E-state index is -0.967. The summed E-state index contributed by atoms with van der Waals surface area (Å²) >= 11 is 1.50. The molecule has 0 atom stereocenters. The average Bonchev–Trinajstić information content (AvgIpc) is 3.01. The zero-order valence-electron chi connectivity index (χ0n) is 12.8. The molecule has 0 aliphatic rings. The van der Waals surface area contributed by atoms with E-state index in [4.69, 9.17) is 5.11 Å². The van der Waals surface area contributed by atoms with E-state index in [1.807, 2.05) is 36.6 Å². The average molecular weight is 338 g/mol. The van der Waals surface area contributed by atoms with Gasteiger partial charge in [0.15, 0.2) is 0 Å². The van der Waals surface area contributed by atoms with Gasteiger partial charge in [-0.05, 0) is 24.6 Å². The Morgan fingerprint density at radius 3 is 2.75 bits per heavy atom. The van der Waals surface area contributed by atoms with Gasteiger partial charge in [0.05, 0.1) is 23.2 Å². The third-order valence-electron chi connectivity index (χ3n) is 3.21. The number of carboxylic acids is 1. The fourth-order valence-corrected chi connectivity index (χ4v) is 2.67. The maximum absolute atomic E-state index is 11.0. The van der Waals surface area contributed by atoms with E-state index in [0.717, 1.165) is 22.0 Å². The fourth-order valence-electron chi connectivity index (χ4n) is 2.03. The molecule has 2 heterocycles. The first-order valence-electron chi connectivity index (χ1n) is 7.13. The molecule has 0 aliphatic heterocycles. The van der Waals surface area contributed by atoms with Gasteiger partial charge in [-0.1, -0.05) is 24.3 Å². The summed E-state index contributed by atoms with van der Waals surface area (Å²) in [4.78, 5) is 19.5. The van der Waals surface area contributed by atoms with E-state index in [2.05, 4.69) is 20.5 Å². The van der Waals surface area contributed by atoms with Crippen LogP contribution in [0.3, 0.4) is 0 Å². The number of nitrogens with zero attached hydrogens (tertiary/aromatic N) is 3. The molecular weight excluding hydrogens is 324 g/mol. The van der Waals surface area contributed by atoms with Crippen molar-refractivity contribution in [1.82, 2.24) is 9.97 Å². The van der Waals surface area contributed by atoms with Crippen molar-refractivity contribution in [2.75, 3.05) is 5.43 Å². The van der Waals surface area contributed by atoms with Crippen molar-refractivity contribution in [3.8, 4) is 11.3 Å². The van der Waals surface area contributed by atoms with E-state index in [-0.39, 0.29) is 5.56 Å². The summed E-state index contributed by atoms with van der Waals surface area (Å²) in [6.45, 7) is 1.93. The molecule has 2 N–H and O–H groups in total. The summed E-state index contributed by atoms with van der Waals surface area (Å²) in [6, 6.07) is 10.6. The van der Waals surface area contributed by atoms with Gasteiger partial charge in [0.25, 0.3) is 0 Å². The molecule has 3 rings (SSSR count). The Bertz CT molecular complexity index is 888. The van der Waals surface area contributed by atoms with Gasteiger partial charge in [0, 0.05) is 17.1 Å². The smallest absolute Gasteiger partial charge is 0.335 e. The van der Waals surface area contributed by atoms with Crippen LogP contribution in [0, 0.1) is 6.92 Å². The number of anilines is 1. The van der Waals surface area contributed by atoms with Gasteiger partial charge in [-0.15, -0.1) is 11.3 Å². The number of thiazole rings is 1. The molecule has 0 unspecified atom stereocenters. The number of hydrogen-bond acceptors (Lipinski definition) is 6. The fraction of sp³-hybridized carbons (Fsp3) is 0.0588. The van der Waals surface area contributed by atoms with Crippen molar-refractivity contribution in [3.05, 3.63) is 64.8 Å². The van der Waals surface area contributed by atoms with Crippen LogP contribution in [-0.4, -0.2) is 27.3 Å². The van der Waals surface area contributed by atoms with Gasteiger partial charge in [-0.2, -0.15) is 5.10 Å². The Balaban J connectivity index is 1.71. The van der Waals surface area contributed by atoms with Crippen LogP contribution in [-0.2, 0) is 0 Å². The lowest BCUT2D eigenvalue weighted by atomic mass is 10.1. The summed E-state index contributed by atoms with van der Waals surface area (Å²) in [5.74, 6) is -0.967.